The number of hydrogen-bond acceptors (Lipinski definition) is 2. The molecule has 6 heteroatoms. The van der Waals surface area contributed by atoms with Crippen molar-refractivity contribution in [2.45, 2.75) is 24.8 Å². The van der Waals surface area contributed by atoms with Crippen molar-refractivity contribution in [1.29, 1.82) is 0 Å². The summed E-state index contributed by atoms with van der Waals surface area (Å²) in [4.78, 5) is 1.40. The summed E-state index contributed by atoms with van der Waals surface area (Å²) in [5.41, 5.74) is 0.461. The molecular weight excluding hydrogens is 272 g/mol. The molecule has 1 aliphatic rings. The summed E-state index contributed by atoms with van der Waals surface area (Å²) in [7, 11) is 0. The van der Waals surface area contributed by atoms with Crippen LogP contribution in [0.4, 0.5) is 17.6 Å². The van der Waals surface area contributed by atoms with Crippen LogP contribution in [0.1, 0.15) is 12.5 Å². The Hall–Kier alpha value is -1.14. The Bertz CT molecular complexity index is 438. The summed E-state index contributed by atoms with van der Waals surface area (Å²) in [5.74, 6) is -3.96. The average Bonchev–Trinajstić information content (AvgIpc) is 2.39. The molecule has 1 heterocycles. The zero-order valence-corrected chi connectivity index (χ0v) is 11.3. The lowest BCUT2D eigenvalue weighted by Gasteiger charge is -2.42. The average molecular weight is 290 g/mol. The van der Waals surface area contributed by atoms with Crippen LogP contribution in [0.5, 0.6) is 0 Å². The molecule has 0 radical (unpaired) electrons. The van der Waals surface area contributed by atoms with Gasteiger partial charge < -0.3 is 5.32 Å². The zero-order valence-electron chi connectivity index (χ0n) is 11.3. The molecule has 20 heavy (non-hydrogen) atoms. The van der Waals surface area contributed by atoms with E-state index in [0.717, 1.165) is 5.56 Å². The van der Waals surface area contributed by atoms with E-state index in [-0.39, 0.29) is 6.54 Å². The highest BCUT2D eigenvalue weighted by atomic mass is 19.3. The van der Waals surface area contributed by atoms with Gasteiger partial charge in [-0.25, -0.2) is 8.78 Å². The van der Waals surface area contributed by atoms with Crippen LogP contribution in [0.3, 0.4) is 0 Å². The number of nitrogens with one attached hydrogen (secondary N) is 1. The molecule has 1 atom stereocenters. The van der Waals surface area contributed by atoms with E-state index in [1.807, 2.05) is 37.3 Å². The van der Waals surface area contributed by atoms with Crippen molar-refractivity contribution >= 4 is 0 Å². The molecule has 0 bridgehead atoms. The van der Waals surface area contributed by atoms with Crippen molar-refractivity contribution < 1.29 is 17.6 Å². The number of rotatable bonds is 4. The fourth-order valence-electron chi connectivity index (χ4n) is 2.57. The number of alkyl halides is 4. The highest BCUT2D eigenvalue weighted by Crippen LogP contribution is 2.28. The maximum absolute atomic E-state index is 13.2. The molecule has 1 aliphatic heterocycles. The first kappa shape index (κ1) is 15.3. The molecular formula is C14H18F4N2. The minimum Gasteiger partial charge on any atom is -0.305 e. The number of halogens is 4. The molecule has 0 spiro atoms. The Kier molecular flexibility index (Phi) is 4.34. The third-order valence-electron chi connectivity index (χ3n) is 3.65. The van der Waals surface area contributed by atoms with Crippen LogP contribution in [0.2, 0.25) is 0 Å². The van der Waals surface area contributed by atoms with E-state index in [1.165, 1.54) is 4.90 Å². The molecule has 112 valence electrons. The molecule has 0 saturated carbocycles. The van der Waals surface area contributed by atoms with Crippen molar-refractivity contribution in [2.24, 2.45) is 0 Å². The van der Waals surface area contributed by atoms with Crippen LogP contribution in [0, 0.1) is 0 Å². The summed E-state index contributed by atoms with van der Waals surface area (Å²) in [6, 6.07) is 9.42. The second-order valence-electron chi connectivity index (χ2n) is 5.40. The predicted octanol–water partition coefficient (Wildman–Crippen LogP) is 2.71. The summed E-state index contributed by atoms with van der Waals surface area (Å²) in [6.45, 7) is 2.10. The number of piperazine rings is 1. The maximum atomic E-state index is 13.2. The molecule has 1 aromatic carbocycles. The highest BCUT2D eigenvalue weighted by Gasteiger charge is 2.44. The van der Waals surface area contributed by atoms with Crippen LogP contribution in [-0.2, 0) is 5.54 Å². The van der Waals surface area contributed by atoms with Gasteiger partial charge in [-0.2, -0.15) is 8.78 Å². The molecule has 1 saturated heterocycles. The Morgan fingerprint density at radius 2 is 1.95 bits per heavy atom. The molecule has 1 unspecified atom stereocenters. The van der Waals surface area contributed by atoms with Gasteiger partial charge >= 0.3 is 12.3 Å². The first-order chi connectivity index (χ1) is 9.33. The summed E-state index contributed by atoms with van der Waals surface area (Å²) < 4.78 is 50.9. The molecule has 2 nitrogen and oxygen atoms in total. The van der Waals surface area contributed by atoms with Crippen molar-refractivity contribution in [2.75, 3.05) is 26.2 Å². The minimum atomic E-state index is -3.96. The third kappa shape index (κ3) is 3.30. The number of nitrogens with zero attached hydrogens (tertiary/aromatic N) is 1. The maximum Gasteiger partial charge on any atom is 0.319 e. The van der Waals surface area contributed by atoms with E-state index < -0.39 is 24.4 Å². The topological polar surface area (TPSA) is 15.3 Å². The molecule has 2 rings (SSSR count). The molecule has 0 aromatic heterocycles. The highest BCUT2D eigenvalue weighted by molar-refractivity contribution is 5.24. The van der Waals surface area contributed by atoms with Gasteiger partial charge in [-0.1, -0.05) is 30.3 Å². The lowest BCUT2D eigenvalue weighted by Crippen LogP contribution is -2.59. The standard InChI is InChI=1S/C14H18F4N2/c1-13(11-5-3-2-4-6-11)9-20(8-7-19-13)10-14(17,18)12(15)16/h2-6,12,19H,7-10H2,1H3. The Labute approximate surface area is 115 Å². The fraction of sp³-hybridized carbons (Fsp3) is 0.571. The van der Waals surface area contributed by atoms with Gasteiger partial charge in [0.1, 0.15) is 0 Å². The lowest BCUT2D eigenvalue weighted by atomic mass is 9.89. The van der Waals surface area contributed by atoms with E-state index in [9.17, 15) is 17.6 Å². The molecule has 1 fully saturated rings. The van der Waals surface area contributed by atoms with E-state index >= 15 is 0 Å². The number of hydrogen-bond donors (Lipinski definition) is 1. The van der Waals surface area contributed by atoms with Gasteiger partial charge in [0.15, 0.2) is 0 Å². The van der Waals surface area contributed by atoms with Crippen LogP contribution in [0.25, 0.3) is 0 Å². The van der Waals surface area contributed by atoms with Gasteiger partial charge in [-0.3, -0.25) is 4.90 Å². The van der Waals surface area contributed by atoms with E-state index in [1.54, 1.807) is 0 Å². The summed E-state index contributed by atoms with van der Waals surface area (Å²) >= 11 is 0. The normalized spacial score (nSPS) is 25.1. The van der Waals surface area contributed by atoms with Gasteiger partial charge in [0.2, 0.25) is 0 Å². The Morgan fingerprint density at radius 3 is 2.55 bits per heavy atom. The fourth-order valence-corrected chi connectivity index (χ4v) is 2.57. The van der Waals surface area contributed by atoms with Crippen molar-refractivity contribution in [1.82, 2.24) is 10.2 Å². The van der Waals surface area contributed by atoms with Gasteiger partial charge in [0.25, 0.3) is 0 Å². The van der Waals surface area contributed by atoms with Gasteiger partial charge in [-0.05, 0) is 12.5 Å². The van der Waals surface area contributed by atoms with E-state index in [2.05, 4.69) is 5.32 Å². The monoisotopic (exact) mass is 290 g/mol. The molecule has 0 aliphatic carbocycles. The second-order valence-corrected chi connectivity index (χ2v) is 5.40. The summed E-state index contributed by atoms with van der Waals surface area (Å²) in [6.07, 6.45) is -3.62. The van der Waals surface area contributed by atoms with Gasteiger partial charge in [0, 0.05) is 19.6 Å². The van der Waals surface area contributed by atoms with Gasteiger partial charge in [-0.15, -0.1) is 0 Å². The molecule has 1 N–H and O–H groups in total. The van der Waals surface area contributed by atoms with Crippen LogP contribution >= 0.6 is 0 Å². The first-order valence-electron chi connectivity index (χ1n) is 6.52. The smallest absolute Gasteiger partial charge is 0.305 e. The van der Waals surface area contributed by atoms with E-state index in [4.69, 9.17) is 0 Å². The van der Waals surface area contributed by atoms with Crippen molar-refractivity contribution in [3.05, 3.63) is 35.9 Å². The molecule has 0 amide bonds. The van der Waals surface area contributed by atoms with Crippen molar-refractivity contribution in [3.63, 3.8) is 0 Å². The van der Waals surface area contributed by atoms with Gasteiger partial charge in [0.05, 0.1) is 12.1 Å². The largest absolute Gasteiger partial charge is 0.319 e. The summed E-state index contributed by atoms with van der Waals surface area (Å²) in [5, 5.41) is 3.28. The van der Waals surface area contributed by atoms with Crippen LogP contribution in [-0.4, -0.2) is 43.4 Å². The lowest BCUT2D eigenvalue weighted by molar-refractivity contribution is -0.145. The van der Waals surface area contributed by atoms with Crippen LogP contribution < -0.4 is 5.32 Å². The minimum absolute atomic E-state index is 0.277. The SMILES string of the molecule is CC1(c2ccccc2)CN(CC(F)(F)C(F)F)CCN1. The molecule has 1 aromatic rings. The van der Waals surface area contributed by atoms with Crippen molar-refractivity contribution in [3.8, 4) is 0 Å². The Morgan fingerprint density at radius 1 is 1.30 bits per heavy atom. The first-order valence-corrected chi connectivity index (χ1v) is 6.52. The van der Waals surface area contributed by atoms with E-state index in [0.29, 0.717) is 13.1 Å². The number of benzene rings is 1. The predicted molar refractivity (Wildman–Crippen MR) is 69.2 cm³/mol. The van der Waals surface area contributed by atoms with Crippen LogP contribution in [0.15, 0.2) is 30.3 Å². The third-order valence-corrected chi connectivity index (χ3v) is 3.65. The zero-order chi connectivity index (χ0) is 14.8. The second kappa shape index (κ2) is 5.69. The quantitative estimate of drug-likeness (QED) is 0.858. The Balaban J connectivity index is 2.09.